The Morgan fingerprint density at radius 2 is 2.33 bits per heavy atom. The van der Waals surface area contributed by atoms with E-state index in [1.54, 1.807) is 0 Å². The number of aryl methyl sites for hydroxylation is 2. The molecule has 0 amide bonds. The van der Waals surface area contributed by atoms with Crippen molar-refractivity contribution in [1.29, 1.82) is 0 Å². The SMILES string of the molecule is Cc1nn2c(c1I)OCCCC2. The summed E-state index contributed by atoms with van der Waals surface area (Å²) < 4.78 is 8.73. The van der Waals surface area contributed by atoms with E-state index in [-0.39, 0.29) is 0 Å². The maximum Gasteiger partial charge on any atom is 0.225 e. The molecule has 3 nitrogen and oxygen atoms in total. The first kappa shape index (κ1) is 8.34. The van der Waals surface area contributed by atoms with Crippen LogP contribution < -0.4 is 4.74 Å². The van der Waals surface area contributed by atoms with E-state index in [2.05, 4.69) is 27.7 Å². The summed E-state index contributed by atoms with van der Waals surface area (Å²) in [5, 5.41) is 4.39. The van der Waals surface area contributed by atoms with Gasteiger partial charge in [0.25, 0.3) is 0 Å². The Labute approximate surface area is 85.2 Å². The normalized spacial score (nSPS) is 16.5. The summed E-state index contributed by atoms with van der Waals surface area (Å²) in [6, 6.07) is 0. The van der Waals surface area contributed by atoms with Crippen LogP contribution in [0.15, 0.2) is 0 Å². The van der Waals surface area contributed by atoms with Crippen molar-refractivity contribution in [3.05, 3.63) is 9.26 Å². The topological polar surface area (TPSA) is 27.1 Å². The van der Waals surface area contributed by atoms with Crippen molar-refractivity contribution in [2.75, 3.05) is 6.61 Å². The van der Waals surface area contributed by atoms with Crippen LogP contribution in [-0.2, 0) is 6.54 Å². The second kappa shape index (κ2) is 3.24. The lowest BCUT2D eigenvalue weighted by atomic mass is 10.3. The zero-order valence-corrected chi connectivity index (χ0v) is 9.17. The Kier molecular flexibility index (Phi) is 2.25. The fourth-order valence-corrected chi connectivity index (χ4v) is 1.90. The molecule has 1 aliphatic rings. The van der Waals surface area contributed by atoms with Gasteiger partial charge in [0.2, 0.25) is 5.88 Å². The number of halogens is 1. The second-order valence-corrected chi connectivity index (χ2v) is 4.06. The van der Waals surface area contributed by atoms with Crippen LogP contribution in [-0.4, -0.2) is 16.4 Å². The first-order valence-corrected chi connectivity index (χ1v) is 5.22. The lowest BCUT2D eigenvalue weighted by Gasteiger charge is -2.01. The summed E-state index contributed by atoms with van der Waals surface area (Å²) in [4.78, 5) is 0. The van der Waals surface area contributed by atoms with Gasteiger partial charge in [0.1, 0.15) is 0 Å². The average molecular weight is 278 g/mol. The standard InChI is InChI=1S/C8H11IN2O/c1-6-7(9)8-11(10-6)4-2-3-5-12-8/h2-5H2,1H3. The zero-order valence-electron chi connectivity index (χ0n) is 7.01. The van der Waals surface area contributed by atoms with Crippen LogP contribution in [0, 0.1) is 10.5 Å². The quantitative estimate of drug-likeness (QED) is 0.678. The highest BCUT2D eigenvalue weighted by atomic mass is 127. The summed E-state index contributed by atoms with van der Waals surface area (Å²) in [5.74, 6) is 0.964. The Morgan fingerprint density at radius 3 is 3.17 bits per heavy atom. The maximum absolute atomic E-state index is 5.59. The minimum atomic E-state index is 0.834. The van der Waals surface area contributed by atoms with Crippen molar-refractivity contribution in [3.63, 3.8) is 0 Å². The zero-order chi connectivity index (χ0) is 8.55. The summed E-state index contributed by atoms with van der Waals surface area (Å²) in [5.41, 5.74) is 1.08. The Bertz CT molecular complexity index is 295. The molecule has 0 N–H and O–H groups in total. The lowest BCUT2D eigenvalue weighted by molar-refractivity contribution is 0.301. The highest BCUT2D eigenvalue weighted by Crippen LogP contribution is 2.26. The highest BCUT2D eigenvalue weighted by molar-refractivity contribution is 14.1. The smallest absolute Gasteiger partial charge is 0.225 e. The Morgan fingerprint density at radius 1 is 1.50 bits per heavy atom. The molecule has 66 valence electrons. The van der Waals surface area contributed by atoms with E-state index in [1.807, 2.05) is 11.6 Å². The third-order valence-corrected chi connectivity index (χ3v) is 3.26. The van der Waals surface area contributed by atoms with Gasteiger partial charge >= 0.3 is 0 Å². The minimum absolute atomic E-state index is 0.834. The molecule has 0 saturated heterocycles. The van der Waals surface area contributed by atoms with Gasteiger partial charge in [-0.25, -0.2) is 4.68 Å². The van der Waals surface area contributed by atoms with E-state index in [0.29, 0.717) is 0 Å². The van der Waals surface area contributed by atoms with Crippen LogP contribution in [0.25, 0.3) is 0 Å². The molecule has 0 unspecified atom stereocenters. The molecule has 2 rings (SSSR count). The van der Waals surface area contributed by atoms with Crippen molar-refractivity contribution >= 4 is 22.6 Å². The van der Waals surface area contributed by atoms with Crippen LogP contribution in [0.3, 0.4) is 0 Å². The molecule has 2 heterocycles. The van der Waals surface area contributed by atoms with Crippen LogP contribution in [0.4, 0.5) is 0 Å². The molecule has 0 aliphatic carbocycles. The van der Waals surface area contributed by atoms with Gasteiger partial charge in [0.05, 0.1) is 15.9 Å². The van der Waals surface area contributed by atoms with Crippen molar-refractivity contribution in [2.45, 2.75) is 26.3 Å². The molecule has 1 aliphatic heterocycles. The Hall–Kier alpha value is -0.260. The monoisotopic (exact) mass is 278 g/mol. The molecule has 0 radical (unpaired) electrons. The average Bonchev–Trinajstić information content (AvgIpc) is 2.30. The van der Waals surface area contributed by atoms with Gasteiger partial charge in [0, 0.05) is 6.54 Å². The molecular formula is C8H11IN2O. The molecule has 0 spiro atoms. The van der Waals surface area contributed by atoms with Gasteiger partial charge in [-0.3, -0.25) is 0 Å². The van der Waals surface area contributed by atoms with Crippen molar-refractivity contribution < 1.29 is 4.74 Å². The summed E-state index contributed by atoms with van der Waals surface area (Å²) >= 11 is 2.29. The van der Waals surface area contributed by atoms with E-state index < -0.39 is 0 Å². The van der Waals surface area contributed by atoms with Gasteiger partial charge in [-0.15, -0.1) is 0 Å². The van der Waals surface area contributed by atoms with Crippen molar-refractivity contribution in [2.24, 2.45) is 0 Å². The van der Waals surface area contributed by atoms with Gasteiger partial charge < -0.3 is 4.74 Å². The summed E-state index contributed by atoms with van der Waals surface area (Å²) in [6.45, 7) is 3.85. The highest BCUT2D eigenvalue weighted by Gasteiger charge is 2.15. The number of ether oxygens (including phenoxy) is 1. The largest absolute Gasteiger partial charge is 0.477 e. The number of nitrogens with zero attached hydrogens (tertiary/aromatic N) is 2. The second-order valence-electron chi connectivity index (χ2n) is 2.98. The van der Waals surface area contributed by atoms with Crippen molar-refractivity contribution in [3.8, 4) is 5.88 Å². The van der Waals surface area contributed by atoms with Crippen molar-refractivity contribution in [1.82, 2.24) is 9.78 Å². The van der Waals surface area contributed by atoms with E-state index >= 15 is 0 Å². The molecule has 4 heteroatoms. The van der Waals surface area contributed by atoms with Gasteiger partial charge in [0.15, 0.2) is 0 Å². The van der Waals surface area contributed by atoms with Crippen LogP contribution in [0.2, 0.25) is 0 Å². The minimum Gasteiger partial charge on any atom is -0.477 e. The fourth-order valence-electron chi connectivity index (χ4n) is 1.36. The lowest BCUT2D eigenvalue weighted by Crippen LogP contribution is -2.00. The molecule has 12 heavy (non-hydrogen) atoms. The molecule has 0 bridgehead atoms. The van der Waals surface area contributed by atoms with E-state index in [9.17, 15) is 0 Å². The van der Waals surface area contributed by atoms with E-state index in [4.69, 9.17) is 4.74 Å². The first-order valence-electron chi connectivity index (χ1n) is 4.15. The van der Waals surface area contributed by atoms with Crippen LogP contribution in [0.5, 0.6) is 5.88 Å². The third-order valence-electron chi connectivity index (χ3n) is 2.01. The third kappa shape index (κ3) is 1.32. The number of rotatable bonds is 0. The maximum atomic E-state index is 5.59. The number of fused-ring (bicyclic) bond motifs is 1. The van der Waals surface area contributed by atoms with E-state index in [0.717, 1.165) is 34.7 Å². The summed E-state index contributed by atoms with van der Waals surface area (Å²) in [7, 11) is 0. The molecule has 1 aromatic rings. The van der Waals surface area contributed by atoms with Crippen LogP contribution in [0.1, 0.15) is 18.5 Å². The molecule has 1 aromatic heterocycles. The number of aromatic nitrogens is 2. The molecular weight excluding hydrogens is 267 g/mol. The molecule has 0 aromatic carbocycles. The molecule has 0 fully saturated rings. The Balaban J connectivity index is 2.42. The van der Waals surface area contributed by atoms with Crippen LogP contribution >= 0.6 is 22.6 Å². The number of hydrogen-bond acceptors (Lipinski definition) is 2. The van der Waals surface area contributed by atoms with Gasteiger partial charge in [-0.1, -0.05) is 0 Å². The number of hydrogen-bond donors (Lipinski definition) is 0. The predicted molar refractivity (Wildman–Crippen MR) is 54.4 cm³/mol. The molecule has 0 saturated carbocycles. The summed E-state index contributed by atoms with van der Waals surface area (Å²) in [6.07, 6.45) is 2.31. The molecule has 0 atom stereocenters. The predicted octanol–water partition coefficient (Wildman–Crippen LogP) is 1.97. The fraction of sp³-hybridized carbons (Fsp3) is 0.625. The van der Waals surface area contributed by atoms with Gasteiger partial charge in [-0.2, -0.15) is 5.10 Å². The van der Waals surface area contributed by atoms with E-state index in [1.165, 1.54) is 6.42 Å². The first-order chi connectivity index (χ1) is 5.79. The van der Waals surface area contributed by atoms with Gasteiger partial charge in [-0.05, 0) is 42.4 Å².